The molecule has 0 bridgehead atoms. The van der Waals surface area contributed by atoms with Crippen LogP contribution in [-0.2, 0) is 10.0 Å². The number of rotatable bonds is 6. The molecule has 0 aromatic heterocycles. The molecule has 6 nitrogen and oxygen atoms in total. The molecule has 116 valence electrons. The van der Waals surface area contributed by atoms with Gasteiger partial charge < -0.3 is 10.2 Å². The highest BCUT2D eigenvalue weighted by molar-refractivity contribution is 7.89. The molecule has 0 spiro atoms. The average molecular weight is 354 g/mol. The van der Waals surface area contributed by atoms with Gasteiger partial charge in [-0.1, -0.05) is 23.2 Å². The second-order valence-corrected chi connectivity index (χ2v) is 7.32. The Morgan fingerprint density at radius 3 is 2.52 bits per heavy atom. The first kappa shape index (κ1) is 16.5. The Kier molecular flexibility index (Phi) is 4.79. The third-order valence-electron chi connectivity index (χ3n) is 3.21. The number of carboxylic acid groups (broad SMARTS) is 1. The molecular weight excluding hydrogens is 341 g/mol. The van der Waals surface area contributed by atoms with Crippen molar-refractivity contribution in [3.8, 4) is 0 Å². The molecule has 0 amide bonds. The van der Waals surface area contributed by atoms with Crippen molar-refractivity contribution in [1.82, 2.24) is 4.72 Å². The van der Waals surface area contributed by atoms with Crippen molar-refractivity contribution in [2.24, 2.45) is 5.92 Å². The van der Waals surface area contributed by atoms with E-state index in [1.54, 1.807) is 0 Å². The van der Waals surface area contributed by atoms with Crippen LogP contribution in [0, 0.1) is 5.92 Å². The normalized spacial score (nSPS) is 16.7. The molecule has 1 unspecified atom stereocenters. The molecule has 9 heteroatoms. The number of aliphatic hydroxyl groups excluding tert-OH is 1. The minimum absolute atomic E-state index is 0.114. The van der Waals surface area contributed by atoms with E-state index >= 15 is 0 Å². The maximum atomic E-state index is 12.1. The maximum absolute atomic E-state index is 12.1. The van der Waals surface area contributed by atoms with Gasteiger partial charge in [0.15, 0.2) is 0 Å². The van der Waals surface area contributed by atoms with Gasteiger partial charge in [-0.2, -0.15) is 0 Å². The van der Waals surface area contributed by atoms with Crippen LogP contribution in [0.2, 0.25) is 10.0 Å². The van der Waals surface area contributed by atoms with Crippen LogP contribution in [0.4, 0.5) is 0 Å². The van der Waals surface area contributed by atoms with Crippen molar-refractivity contribution >= 4 is 39.2 Å². The number of hydrogen-bond donors (Lipinski definition) is 3. The Bertz CT molecular complexity index is 672. The number of aliphatic hydroxyl groups is 1. The molecule has 2 rings (SSSR count). The summed E-state index contributed by atoms with van der Waals surface area (Å²) in [5.74, 6) is -1.30. The molecular formula is C12H13Cl2NO5S. The number of halogens is 2. The van der Waals surface area contributed by atoms with E-state index in [2.05, 4.69) is 4.72 Å². The zero-order chi connectivity index (χ0) is 15.8. The third-order valence-corrected chi connectivity index (χ3v) is 5.49. The van der Waals surface area contributed by atoms with E-state index in [9.17, 15) is 18.3 Å². The van der Waals surface area contributed by atoms with Gasteiger partial charge in [-0.05, 0) is 30.9 Å². The summed E-state index contributed by atoms with van der Waals surface area (Å²) in [6.07, 6.45) is 0.978. The highest BCUT2D eigenvalue weighted by Crippen LogP contribution is 2.33. The third kappa shape index (κ3) is 3.67. The van der Waals surface area contributed by atoms with Gasteiger partial charge in [-0.25, -0.2) is 17.9 Å². The minimum atomic E-state index is -4.03. The van der Waals surface area contributed by atoms with Crippen LogP contribution in [0.15, 0.2) is 17.0 Å². The fourth-order valence-corrected chi connectivity index (χ4v) is 3.83. The van der Waals surface area contributed by atoms with Crippen LogP contribution in [0.25, 0.3) is 0 Å². The van der Waals surface area contributed by atoms with E-state index in [0.29, 0.717) is 0 Å². The van der Waals surface area contributed by atoms with Crippen LogP contribution in [-0.4, -0.2) is 37.2 Å². The first-order chi connectivity index (χ1) is 9.74. The summed E-state index contributed by atoms with van der Waals surface area (Å²) in [5.41, 5.74) is -0.469. The van der Waals surface area contributed by atoms with E-state index in [1.807, 2.05) is 0 Å². The second kappa shape index (κ2) is 6.10. The Balaban J connectivity index is 2.27. The fraction of sp³-hybridized carbons (Fsp3) is 0.417. The topological polar surface area (TPSA) is 104 Å². The van der Waals surface area contributed by atoms with Crippen molar-refractivity contribution < 1.29 is 23.4 Å². The number of nitrogens with one attached hydrogen (secondary N) is 1. The van der Waals surface area contributed by atoms with Gasteiger partial charge >= 0.3 is 5.97 Å². The van der Waals surface area contributed by atoms with Crippen LogP contribution >= 0.6 is 23.2 Å². The van der Waals surface area contributed by atoms with Gasteiger partial charge in [0.1, 0.15) is 4.90 Å². The molecule has 1 aromatic carbocycles. The molecule has 0 aliphatic heterocycles. The quantitative estimate of drug-likeness (QED) is 0.722. The van der Waals surface area contributed by atoms with E-state index in [4.69, 9.17) is 28.3 Å². The molecule has 1 fully saturated rings. The number of hydrogen-bond acceptors (Lipinski definition) is 4. The van der Waals surface area contributed by atoms with Crippen LogP contribution in [0.3, 0.4) is 0 Å². The number of aromatic carboxylic acids is 1. The van der Waals surface area contributed by atoms with Gasteiger partial charge in [0.2, 0.25) is 10.0 Å². The molecule has 0 saturated heterocycles. The molecule has 1 atom stereocenters. The number of benzene rings is 1. The summed E-state index contributed by atoms with van der Waals surface area (Å²) >= 11 is 11.5. The predicted molar refractivity (Wildman–Crippen MR) is 77.3 cm³/mol. The summed E-state index contributed by atoms with van der Waals surface area (Å²) in [6, 6.07) is 2.28. The second-order valence-electron chi connectivity index (χ2n) is 4.80. The van der Waals surface area contributed by atoms with Gasteiger partial charge in [0, 0.05) is 6.54 Å². The number of sulfonamides is 1. The van der Waals surface area contributed by atoms with Crippen molar-refractivity contribution in [2.45, 2.75) is 23.8 Å². The molecule has 21 heavy (non-hydrogen) atoms. The zero-order valence-electron chi connectivity index (χ0n) is 10.7. The van der Waals surface area contributed by atoms with Gasteiger partial charge in [0.05, 0.1) is 21.7 Å². The lowest BCUT2D eigenvalue weighted by atomic mass is 10.2. The van der Waals surface area contributed by atoms with E-state index < -0.39 is 32.7 Å². The molecule has 1 aliphatic carbocycles. The van der Waals surface area contributed by atoms with Crippen LogP contribution < -0.4 is 4.72 Å². The standard InChI is InChI=1S/C12H13Cl2NO5S/c13-7-3-4-9(11(14)10(7)12(17)18)21(19,20)15-5-8(16)6-1-2-6/h3-4,6,8,15-16H,1-2,5H2,(H,17,18). The minimum Gasteiger partial charge on any atom is -0.478 e. The maximum Gasteiger partial charge on any atom is 0.338 e. The van der Waals surface area contributed by atoms with Crippen molar-refractivity contribution in [2.75, 3.05) is 6.54 Å². The predicted octanol–water partition coefficient (Wildman–Crippen LogP) is 1.74. The Morgan fingerprint density at radius 1 is 1.38 bits per heavy atom. The van der Waals surface area contributed by atoms with Crippen LogP contribution in [0.5, 0.6) is 0 Å². The molecule has 0 heterocycles. The van der Waals surface area contributed by atoms with E-state index in [-0.39, 0.29) is 22.4 Å². The monoisotopic (exact) mass is 353 g/mol. The van der Waals surface area contributed by atoms with Gasteiger partial charge in [0.25, 0.3) is 0 Å². The summed E-state index contributed by atoms with van der Waals surface area (Å²) in [5, 5.41) is 18.1. The zero-order valence-corrected chi connectivity index (χ0v) is 13.0. The van der Waals surface area contributed by atoms with E-state index in [0.717, 1.165) is 25.0 Å². The van der Waals surface area contributed by atoms with Crippen LogP contribution in [0.1, 0.15) is 23.2 Å². The number of carbonyl (C=O) groups is 1. The first-order valence-electron chi connectivity index (χ1n) is 6.13. The lowest BCUT2D eigenvalue weighted by Gasteiger charge is -2.13. The summed E-state index contributed by atoms with van der Waals surface area (Å²) < 4.78 is 26.5. The largest absolute Gasteiger partial charge is 0.478 e. The van der Waals surface area contributed by atoms with Gasteiger partial charge in [-0.15, -0.1) is 0 Å². The molecule has 3 N–H and O–H groups in total. The summed E-state index contributed by atoms with van der Waals surface area (Å²) in [4.78, 5) is 10.7. The highest BCUT2D eigenvalue weighted by Gasteiger charge is 2.31. The summed E-state index contributed by atoms with van der Waals surface area (Å²) in [6.45, 7) is -0.144. The number of carboxylic acids is 1. The average Bonchev–Trinajstić information content (AvgIpc) is 3.19. The molecule has 1 saturated carbocycles. The van der Waals surface area contributed by atoms with Crippen molar-refractivity contribution in [1.29, 1.82) is 0 Å². The Morgan fingerprint density at radius 2 is 2.00 bits per heavy atom. The SMILES string of the molecule is O=C(O)c1c(Cl)ccc(S(=O)(=O)NCC(O)C2CC2)c1Cl. The lowest BCUT2D eigenvalue weighted by Crippen LogP contribution is -2.33. The Hall–Kier alpha value is -0.860. The molecule has 1 aliphatic rings. The van der Waals surface area contributed by atoms with Crippen molar-refractivity contribution in [3.63, 3.8) is 0 Å². The highest BCUT2D eigenvalue weighted by atomic mass is 35.5. The summed E-state index contributed by atoms with van der Waals surface area (Å²) in [7, 11) is -4.03. The Labute approximate surface area is 131 Å². The smallest absolute Gasteiger partial charge is 0.338 e. The lowest BCUT2D eigenvalue weighted by molar-refractivity contribution is 0.0697. The van der Waals surface area contributed by atoms with Crippen molar-refractivity contribution in [3.05, 3.63) is 27.7 Å². The fourth-order valence-electron chi connectivity index (χ4n) is 1.86. The molecule has 1 aromatic rings. The van der Waals surface area contributed by atoms with E-state index in [1.165, 1.54) is 0 Å². The molecule has 0 radical (unpaired) electrons. The van der Waals surface area contributed by atoms with Gasteiger partial charge in [-0.3, -0.25) is 0 Å². The first-order valence-corrected chi connectivity index (χ1v) is 8.37.